The van der Waals surface area contributed by atoms with Crippen molar-refractivity contribution < 1.29 is 24.6 Å². The van der Waals surface area contributed by atoms with Crippen LogP contribution in [0.5, 0.6) is 0 Å². The van der Waals surface area contributed by atoms with Crippen molar-refractivity contribution >= 4 is 29.2 Å². The first-order valence-corrected chi connectivity index (χ1v) is 6.66. The molecule has 7 heteroatoms. The lowest BCUT2D eigenvalue weighted by atomic mass is 10.2. The number of hydrogen-bond acceptors (Lipinski definition) is 4. The van der Waals surface area contributed by atoms with Crippen molar-refractivity contribution in [2.24, 2.45) is 0 Å². The second-order valence-corrected chi connectivity index (χ2v) is 5.51. The predicted molar refractivity (Wildman–Crippen MR) is 67.5 cm³/mol. The Hall–Kier alpha value is -1.89. The maximum Gasteiger partial charge on any atom is 0.326 e. The van der Waals surface area contributed by atoms with Gasteiger partial charge in [-0.05, 0) is 30.9 Å². The molecule has 1 aromatic heterocycles. The summed E-state index contributed by atoms with van der Waals surface area (Å²) < 4.78 is 0. The normalized spacial score (nSPS) is 14.7. The molecule has 0 saturated carbocycles. The van der Waals surface area contributed by atoms with Crippen LogP contribution >= 0.6 is 11.3 Å². The summed E-state index contributed by atoms with van der Waals surface area (Å²) in [5.41, 5.74) is 1.14. The molecule has 1 aliphatic carbocycles. The number of carboxylic acid groups (broad SMARTS) is 2. The second kappa shape index (κ2) is 5.40. The molecule has 0 spiro atoms. The summed E-state index contributed by atoms with van der Waals surface area (Å²) in [5, 5.41) is 19.7. The quantitative estimate of drug-likeness (QED) is 0.744. The van der Waals surface area contributed by atoms with E-state index in [4.69, 9.17) is 10.2 Å². The summed E-state index contributed by atoms with van der Waals surface area (Å²) in [7, 11) is 0. The molecule has 0 bridgehead atoms. The van der Waals surface area contributed by atoms with Gasteiger partial charge in [0.05, 0.1) is 11.3 Å². The Morgan fingerprint density at radius 3 is 2.63 bits per heavy atom. The molecule has 2 rings (SSSR count). The van der Waals surface area contributed by atoms with Crippen molar-refractivity contribution in [2.45, 2.75) is 31.7 Å². The molecule has 0 saturated heterocycles. The lowest BCUT2D eigenvalue weighted by molar-refractivity contribution is -0.145. The number of carbonyl (C=O) groups excluding carboxylic acids is 1. The maximum absolute atomic E-state index is 11.9. The van der Waals surface area contributed by atoms with Gasteiger partial charge in [-0.1, -0.05) is 0 Å². The number of aryl methyl sites for hydroxylation is 2. The molecule has 0 aromatic carbocycles. The van der Waals surface area contributed by atoms with Gasteiger partial charge in [-0.25, -0.2) is 4.79 Å². The number of aliphatic carboxylic acids is 2. The van der Waals surface area contributed by atoms with Crippen molar-refractivity contribution in [1.82, 2.24) is 5.32 Å². The number of fused-ring (bicyclic) bond motifs is 1. The van der Waals surface area contributed by atoms with E-state index in [9.17, 15) is 14.4 Å². The molecule has 19 heavy (non-hydrogen) atoms. The topological polar surface area (TPSA) is 104 Å². The Kier molecular flexibility index (Phi) is 3.84. The van der Waals surface area contributed by atoms with E-state index in [1.165, 1.54) is 11.3 Å². The smallest absolute Gasteiger partial charge is 0.326 e. The standard InChI is InChI=1S/C12H13NO5S/c14-10(15)5-7(12(17)18)13-11(16)9-4-6-2-1-3-8(6)19-9/h4,7H,1-3,5H2,(H,13,16)(H,14,15)(H,17,18)/t7-/m0/s1. The molecule has 0 aliphatic heterocycles. The first kappa shape index (κ1) is 13.5. The minimum atomic E-state index is -1.40. The van der Waals surface area contributed by atoms with E-state index in [1.54, 1.807) is 6.07 Å². The lowest BCUT2D eigenvalue weighted by Gasteiger charge is -2.11. The fourth-order valence-corrected chi connectivity index (χ4v) is 3.20. The van der Waals surface area contributed by atoms with Crippen LogP contribution in [-0.4, -0.2) is 34.1 Å². The third-order valence-corrected chi connectivity index (χ3v) is 4.19. The number of amides is 1. The number of nitrogens with one attached hydrogen (secondary N) is 1. The van der Waals surface area contributed by atoms with E-state index in [-0.39, 0.29) is 0 Å². The molecule has 0 fully saturated rings. The first-order chi connectivity index (χ1) is 8.97. The van der Waals surface area contributed by atoms with Gasteiger partial charge in [0.2, 0.25) is 0 Å². The van der Waals surface area contributed by atoms with Crippen LogP contribution in [0.2, 0.25) is 0 Å². The van der Waals surface area contributed by atoms with Crippen LogP contribution in [-0.2, 0) is 22.4 Å². The Labute approximate surface area is 113 Å². The zero-order chi connectivity index (χ0) is 14.0. The fraction of sp³-hybridized carbons (Fsp3) is 0.417. The van der Waals surface area contributed by atoms with Gasteiger partial charge >= 0.3 is 11.9 Å². The molecule has 1 atom stereocenters. The van der Waals surface area contributed by atoms with Gasteiger partial charge in [0.1, 0.15) is 6.04 Å². The zero-order valence-corrected chi connectivity index (χ0v) is 10.8. The van der Waals surface area contributed by atoms with Crippen molar-refractivity contribution in [2.75, 3.05) is 0 Å². The summed E-state index contributed by atoms with van der Waals surface area (Å²) in [4.78, 5) is 34.9. The Morgan fingerprint density at radius 1 is 1.32 bits per heavy atom. The van der Waals surface area contributed by atoms with Crippen LogP contribution in [0.3, 0.4) is 0 Å². The van der Waals surface area contributed by atoms with Crippen LogP contribution in [0.15, 0.2) is 6.07 Å². The van der Waals surface area contributed by atoms with E-state index in [0.717, 1.165) is 29.7 Å². The van der Waals surface area contributed by atoms with E-state index >= 15 is 0 Å². The number of hydrogen-bond donors (Lipinski definition) is 3. The number of thiophene rings is 1. The number of carbonyl (C=O) groups is 3. The van der Waals surface area contributed by atoms with Crippen LogP contribution in [0.1, 0.15) is 33.0 Å². The summed E-state index contributed by atoms with van der Waals surface area (Å²) >= 11 is 1.35. The van der Waals surface area contributed by atoms with Gasteiger partial charge in [-0.15, -0.1) is 11.3 Å². The second-order valence-electron chi connectivity index (χ2n) is 4.37. The minimum Gasteiger partial charge on any atom is -0.481 e. The Balaban J connectivity index is 2.06. The third-order valence-electron chi connectivity index (χ3n) is 2.95. The molecule has 0 unspecified atom stereocenters. The first-order valence-electron chi connectivity index (χ1n) is 5.84. The van der Waals surface area contributed by atoms with Crippen LogP contribution in [0.4, 0.5) is 0 Å². The van der Waals surface area contributed by atoms with Gasteiger partial charge in [0, 0.05) is 4.88 Å². The summed E-state index contributed by atoms with van der Waals surface area (Å²) in [5.74, 6) is -3.13. The highest BCUT2D eigenvalue weighted by Gasteiger charge is 2.25. The Bertz CT molecular complexity index is 515. The fourth-order valence-electron chi connectivity index (χ4n) is 2.05. The average molecular weight is 283 g/mol. The molecular weight excluding hydrogens is 270 g/mol. The highest BCUT2D eigenvalue weighted by atomic mass is 32.1. The molecule has 0 radical (unpaired) electrons. The van der Waals surface area contributed by atoms with Crippen molar-refractivity contribution in [3.05, 3.63) is 21.4 Å². The Morgan fingerprint density at radius 2 is 2.05 bits per heavy atom. The van der Waals surface area contributed by atoms with Crippen molar-refractivity contribution in [3.8, 4) is 0 Å². The molecular formula is C12H13NO5S. The van der Waals surface area contributed by atoms with Crippen molar-refractivity contribution in [1.29, 1.82) is 0 Å². The number of rotatable bonds is 5. The van der Waals surface area contributed by atoms with E-state index in [2.05, 4.69) is 5.32 Å². The van der Waals surface area contributed by atoms with E-state index in [0.29, 0.717) is 4.88 Å². The van der Waals surface area contributed by atoms with Crippen LogP contribution in [0, 0.1) is 0 Å². The SMILES string of the molecule is O=C(O)C[C@H](NC(=O)c1cc2c(s1)CCC2)C(=O)O. The maximum atomic E-state index is 11.9. The van der Waals surface area contributed by atoms with Crippen LogP contribution < -0.4 is 5.32 Å². The largest absolute Gasteiger partial charge is 0.481 e. The van der Waals surface area contributed by atoms with Gasteiger partial charge < -0.3 is 15.5 Å². The zero-order valence-electron chi connectivity index (χ0n) is 10.0. The average Bonchev–Trinajstić information content (AvgIpc) is 2.86. The molecule has 1 heterocycles. The van der Waals surface area contributed by atoms with Crippen LogP contribution in [0.25, 0.3) is 0 Å². The third kappa shape index (κ3) is 3.11. The molecule has 6 nitrogen and oxygen atoms in total. The van der Waals surface area contributed by atoms with Gasteiger partial charge in [0.25, 0.3) is 5.91 Å². The molecule has 1 aliphatic rings. The lowest BCUT2D eigenvalue weighted by Crippen LogP contribution is -2.41. The summed E-state index contributed by atoms with van der Waals surface area (Å²) in [6.07, 6.45) is 2.34. The predicted octanol–water partition coefficient (Wildman–Crippen LogP) is 0.894. The monoisotopic (exact) mass is 283 g/mol. The van der Waals surface area contributed by atoms with Gasteiger partial charge in [0.15, 0.2) is 0 Å². The van der Waals surface area contributed by atoms with E-state index in [1.807, 2.05) is 0 Å². The summed E-state index contributed by atoms with van der Waals surface area (Å²) in [6, 6.07) is 0.365. The molecule has 102 valence electrons. The van der Waals surface area contributed by atoms with Gasteiger partial charge in [-0.2, -0.15) is 0 Å². The highest BCUT2D eigenvalue weighted by molar-refractivity contribution is 7.14. The minimum absolute atomic E-state index is 0.446. The highest BCUT2D eigenvalue weighted by Crippen LogP contribution is 2.30. The molecule has 1 amide bonds. The molecule has 1 aromatic rings. The molecule has 3 N–H and O–H groups in total. The summed E-state index contributed by atoms with van der Waals surface area (Å²) in [6.45, 7) is 0. The number of carboxylic acids is 2. The van der Waals surface area contributed by atoms with Crippen molar-refractivity contribution in [3.63, 3.8) is 0 Å². The van der Waals surface area contributed by atoms with Gasteiger partial charge in [-0.3, -0.25) is 9.59 Å². The van der Waals surface area contributed by atoms with E-state index < -0.39 is 30.3 Å².